The molecule has 0 saturated heterocycles. The second kappa shape index (κ2) is 8.47. The Hall–Kier alpha value is -4.06. The smallest absolute Gasteiger partial charge is 0.274 e. The largest absolute Gasteiger partial charge is 0.493 e. The number of hydrogen-bond donors (Lipinski definition) is 0. The van der Waals surface area contributed by atoms with Gasteiger partial charge >= 0.3 is 0 Å². The third-order valence-corrected chi connectivity index (χ3v) is 6.03. The number of ether oxygens (including phenoxy) is 2. The third-order valence-electron chi connectivity index (χ3n) is 6.03. The standard InChI is InChI=1S/C27H25N3O3/c1-29(17-18-10-6-4-7-11-18)27(31)25-22-14-19-15-23(32-2)24(33-3)16-21(19)26(22)30(28-25)20-12-8-5-9-13-20/h4-13,15-16H,14,17H2,1-3H3. The first-order valence-electron chi connectivity index (χ1n) is 10.8. The number of amides is 1. The molecule has 0 fully saturated rings. The van der Waals surface area contributed by atoms with Gasteiger partial charge in [0.05, 0.1) is 25.6 Å². The Morgan fingerprint density at radius 1 is 0.970 bits per heavy atom. The monoisotopic (exact) mass is 439 g/mol. The van der Waals surface area contributed by atoms with Gasteiger partial charge in [-0.15, -0.1) is 0 Å². The molecule has 6 heteroatoms. The Bertz CT molecular complexity index is 1310. The van der Waals surface area contributed by atoms with Crippen LogP contribution in [0.4, 0.5) is 0 Å². The van der Waals surface area contributed by atoms with Crippen molar-refractivity contribution in [1.82, 2.24) is 14.7 Å². The quantitative estimate of drug-likeness (QED) is 0.384. The zero-order chi connectivity index (χ0) is 22.9. The van der Waals surface area contributed by atoms with Crippen LogP contribution in [0, 0.1) is 0 Å². The van der Waals surface area contributed by atoms with Crippen molar-refractivity contribution in [3.05, 3.63) is 95.2 Å². The van der Waals surface area contributed by atoms with Crippen molar-refractivity contribution in [2.45, 2.75) is 13.0 Å². The first kappa shape index (κ1) is 20.8. The SMILES string of the molecule is COc1cc2c(cc1OC)-c1c(c(C(=O)N(C)Cc3ccccc3)nn1-c1ccccc1)C2. The highest BCUT2D eigenvalue weighted by atomic mass is 16.5. The zero-order valence-corrected chi connectivity index (χ0v) is 18.9. The van der Waals surface area contributed by atoms with Crippen LogP contribution in [-0.4, -0.2) is 41.9 Å². The lowest BCUT2D eigenvalue weighted by Gasteiger charge is -2.16. The number of rotatable bonds is 6. The molecule has 1 heterocycles. The van der Waals surface area contributed by atoms with E-state index < -0.39 is 0 Å². The minimum atomic E-state index is -0.100. The Labute approximate surface area is 193 Å². The lowest BCUT2D eigenvalue weighted by molar-refractivity contribution is 0.0778. The molecule has 33 heavy (non-hydrogen) atoms. The second-order valence-electron chi connectivity index (χ2n) is 8.11. The molecule has 0 aliphatic heterocycles. The van der Waals surface area contributed by atoms with Crippen LogP contribution in [-0.2, 0) is 13.0 Å². The summed E-state index contributed by atoms with van der Waals surface area (Å²) in [6.07, 6.45) is 0.609. The van der Waals surface area contributed by atoms with E-state index in [0.717, 1.165) is 33.6 Å². The first-order valence-corrected chi connectivity index (χ1v) is 10.8. The van der Waals surface area contributed by atoms with Gasteiger partial charge in [-0.3, -0.25) is 4.79 Å². The fraction of sp³-hybridized carbons (Fsp3) is 0.185. The number of methoxy groups -OCH3 is 2. The molecule has 0 radical (unpaired) electrons. The maximum atomic E-state index is 13.6. The number of carbonyl (C=O) groups is 1. The predicted octanol–water partition coefficient (Wildman–Crippen LogP) is 4.73. The summed E-state index contributed by atoms with van der Waals surface area (Å²) in [6.45, 7) is 0.515. The number of para-hydroxylation sites is 1. The van der Waals surface area contributed by atoms with Crippen LogP contribution in [0.15, 0.2) is 72.8 Å². The van der Waals surface area contributed by atoms with Crippen LogP contribution >= 0.6 is 0 Å². The topological polar surface area (TPSA) is 56.6 Å². The molecular formula is C27H25N3O3. The van der Waals surface area contributed by atoms with Crippen LogP contribution in [0.1, 0.15) is 27.2 Å². The van der Waals surface area contributed by atoms with Gasteiger partial charge in [0.25, 0.3) is 5.91 Å². The molecule has 0 unspecified atom stereocenters. The fourth-order valence-electron chi connectivity index (χ4n) is 4.41. The van der Waals surface area contributed by atoms with Gasteiger partial charge < -0.3 is 14.4 Å². The van der Waals surface area contributed by atoms with Crippen molar-refractivity contribution in [2.75, 3.05) is 21.3 Å². The molecule has 4 aromatic rings. The number of carbonyl (C=O) groups excluding carboxylic acids is 1. The molecule has 0 bridgehead atoms. The molecule has 0 N–H and O–H groups in total. The lowest BCUT2D eigenvalue weighted by Crippen LogP contribution is -2.27. The van der Waals surface area contributed by atoms with Crippen LogP contribution < -0.4 is 9.47 Å². The van der Waals surface area contributed by atoms with Crippen LogP contribution in [0.5, 0.6) is 11.5 Å². The summed E-state index contributed by atoms with van der Waals surface area (Å²) in [7, 11) is 5.07. The number of hydrogen-bond acceptors (Lipinski definition) is 4. The molecular weight excluding hydrogens is 414 g/mol. The van der Waals surface area contributed by atoms with Crippen molar-refractivity contribution in [3.63, 3.8) is 0 Å². The summed E-state index contributed by atoms with van der Waals surface area (Å²) < 4.78 is 12.9. The van der Waals surface area contributed by atoms with Crippen LogP contribution in [0.3, 0.4) is 0 Å². The van der Waals surface area contributed by atoms with Gasteiger partial charge in [0.1, 0.15) is 0 Å². The van der Waals surface area contributed by atoms with Crippen molar-refractivity contribution < 1.29 is 14.3 Å². The minimum Gasteiger partial charge on any atom is -0.493 e. The molecule has 1 amide bonds. The number of nitrogens with zero attached hydrogens (tertiary/aromatic N) is 3. The van der Waals surface area contributed by atoms with E-state index in [1.807, 2.05) is 84.5 Å². The average molecular weight is 440 g/mol. The third kappa shape index (κ3) is 3.63. The maximum absolute atomic E-state index is 13.6. The molecule has 1 aromatic heterocycles. The molecule has 0 saturated carbocycles. The lowest BCUT2D eigenvalue weighted by atomic mass is 10.1. The molecule has 166 valence electrons. The van der Waals surface area contributed by atoms with E-state index in [2.05, 4.69) is 0 Å². The minimum absolute atomic E-state index is 0.100. The van der Waals surface area contributed by atoms with Gasteiger partial charge in [0.15, 0.2) is 17.2 Å². The highest BCUT2D eigenvalue weighted by Gasteiger charge is 2.33. The first-order chi connectivity index (χ1) is 16.1. The Morgan fingerprint density at radius 2 is 1.61 bits per heavy atom. The summed E-state index contributed by atoms with van der Waals surface area (Å²) >= 11 is 0. The van der Waals surface area contributed by atoms with Gasteiger partial charge in [-0.2, -0.15) is 5.10 Å². The maximum Gasteiger partial charge on any atom is 0.274 e. The molecule has 6 nitrogen and oxygen atoms in total. The van der Waals surface area contributed by atoms with Crippen molar-refractivity contribution in [2.24, 2.45) is 0 Å². The van der Waals surface area contributed by atoms with Gasteiger partial charge in [-0.05, 0) is 35.4 Å². The van der Waals surface area contributed by atoms with Gasteiger partial charge in [-0.1, -0.05) is 48.5 Å². The molecule has 0 spiro atoms. The van der Waals surface area contributed by atoms with E-state index in [1.54, 1.807) is 19.1 Å². The molecule has 3 aromatic carbocycles. The van der Waals surface area contributed by atoms with Gasteiger partial charge in [-0.25, -0.2) is 4.68 Å². The van der Waals surface area contributed by atoms with E-state index in [1.165, 1.54) is 0 Å². The molecule has 0 atom stereocenters. The van der Waals surface area contributed by atoms with Crippen LogP contribution in [0.2, 0.25) is 0 Å². The highest BCUT2D eigenvalue weighted by molar-refractivity contribution is 5.97. The average Bonchev–Trinajstić information content (AvgIpc) is 3.40. The summed E-state index contributed by atoms with van der Waals surface area (Å²) in [5.41, 5.74) is 6.39. The molecule has 1 aliphatic carbocycles. The Balaban J connectivity index is 1.62. The van der Waals surface area contributed by atoms with E-state index in [4.69, 9.17) is 14.6 Å². The fourth-order valence-corrected chi connectivity index (χ4v) is 4.41. The predicted molar refractivity (Wildman–Crippen MR) is 127 cm³/mol. The van der Waals surface area contributed by atoms with Gasteiger partial charge in [0.2, 0.25) is 0 Å². The number of aromatic nitrogens is 2. The van der Waals surface area contributed by atoms with E-state index >= 15 is 0 Å². The van der Waals surface area contributed by atoms with E-state index in [-0.39, 0.29) is 5.91 Å². The van der Waals surface area contributed by atoms with E-state index in [0.29, 0.717) is 30.2 Å². The van der Waals surface area contributed by atoms with Crippen molar-refractivity contribution >= 4 is 5.91 Å². The normalized spacial score (nSPS) is 11.6. The van der Waals surface area contributed by atoms with E-state index in [9.17, 15) is 4.79 Å². The highest BCUT2D eigenvalue weighted by Crippen LogP contribution is 2.45. The number of fused-ring (bicyclic) bond motifs is 3. The Kier molecular flexibility index (Phi) is 5.34. The summed E-state index contributed by atoms with van der Waals surface area (Å²) in [4.78, 5) is 15.3. The number of benzene rings is 3. The van der Waals surface area contributed by atoms with Crippen molar-refractivity contribution in [3.8, 4) is 28.4 Å². The second-order valence-corrected chi connectivity index (χ2v) is 8.11. The molecule has 5 rings (SSSR count). The van der Waals surface area contributed by atoms with Crippen LogP contribution in [0.25, 0.3) is 16.9 Å². The van der Waals surface area contributed by atoms with Crippen molar-refractivity contribution in [1.29, 1.82) is 0 Å². The van der Waals surface area contributed by atoms with Gasteiger partial charge in [0, 0.05) is 31.1 Å². The summed E-state index contributed by atoms with van der Waals surface area (Å²) in [5, 5.41) is 4.82. The summed E-state index contributed by atoms with van der Waals surface area (Å²) in [5.74, 6) is 1.23. The summed E-state index contributed by atoms with van der Waals surface area (Å²) in [6, 6.07) is 23.8. The zero-order valence-electron chi connectivity index (χ0n) is 18.9. The Morgan fingerprint density at radius 3 is 2.27 bits per heavy atom. The molecule has 1 aliphatic rings.